The van der Waals surface area contributed by atoms with E-state index in [1.807, 2.05) is 36.4 Å². The lowest BCUT2D eigenvalue weighted by Gasteiger charge is -2.14. The van der Waals surface area contributed by atoms with Gasteiger partial charge in [-0.2, -0.15) is 0 Å². The van der Waals surface area contributed by atoms with Crippen LogP contribution in [0, 0.1) is 0 Å². The summed E-state index contributed by atoms with van der Waals surface area (Å²) >= 11 is 0. The van der Waals surface area contributed by atoms with Crippen molar-refractivity contribution < 1.29 is 14.2 Å². The molecule has 2 rings (SSSR count). The SMILES string of the molecule is O=PN(Oc1ccccc1)Oc1ccccc1. The maximum Gasteiger partial charge on any atom is 0.330 e. The lowest BCUT2D eigenvalue weighted by Crippen LogP contribution is -2.20. The Morgan fingerprint density at radius 2 is 1.18 bits per heavy atom. The summed E-state index contributed by atoms with van der Waals surface area (Å²) in [6, 6.07) is 18.0. The van der Waals surface area contributed by atoms with Gasteiger partial charge in [-0.25, -0.2) is 4.57 Å². The number of nitrogens with zero attached hydrogens (tertiary/aromatic N) is 1. The zero-order valence-electron chi connectivity index (χ0n) is 8.89. The van der Waals surface area contributed by atoms with Crippen molar-refractivity contribution in [3.05, 3.63) is 60.7 Å². The lowest BCUT2D eigenvalue weighted by molar-refractivity contribution is -0.170. The summed E-state index contributed by atoms with van der Waals surface area (Å²) in [6.45, 7) is 0. The Morgan fingerprint density at radius 1 is 0.765 bits per heavy atom. The Balaban J connectivity index is 2.01. The average molecular weight is 247 g/mol. The fourth-order valence-corrected chi connectivity index (χ4v) is 1.45. The number of hydrogen-bond acceptors (Lipinski definition) is 3. The van der Waals surface area contributed by atoms with Crippen LogP contribution in [0.25, 0.3) is 0 Å². The highest BCUT2D eigenvalue weighted by atomic mass is 31.1. The second-order valence-corrected chi connectivity index (χ2v) is 3.62. The van der Waals surface area contributed by atoms with Gasteiger partial charge in [0.25, 0.3) is 0 Å². The number of para-hydroxylation sites is 2. The summed E-state index contributed by atoms with van der Waals surface area (Å²) in [5.74, 6) is 1.10. The van der Waals surface area contributed by atoms with E-state index in [0.717, 1.165) is 5.00 Å². The van der Waals surface area contributed by atoms with Gasteiger partial charge in [0.05, 0.1) is 0 Å². The highest BCUT2D eigenvalue weighted by molar-refractivity contribution is 7.20. The smallest absolute Gasteiger partial charge is 0.330 e. The van der Waals surface area contributed by atoms with Gasteiger partial charge < -0.3 is 9.68 Å². The van der Waals surface area contributed by atoms with Crippen molar-refractivity contribution in [3.63, 3.8) is 0 Å². The van der Waals surface area contributed by atoms with E-state index >= 15 is 0 Å². The maximum atomic E-state index is 10.9. The standard InChI is InChI=1S/C12H10NO3P/c14-17-13(15-11-7-3-1-4-8-11)16-12-9-5-2-6-10-12/h1-10H. The fourth-order valence-electron chi connectivity index (χ4n) is 1.20. The van der Waals surface area contributed by atoms with E-state index in [4.69, 9.17) is 9.68 Å². The van der Waals surface area contributed by atoms with Crippen LogP contribution in [0.1, 0.15) is 0 Å². The van der Waals surface area contributed by atoms with Crippen LogP contribution in [0.5, 0.6) is 11.5 Å². The molecule has 0 spiro atoms. The Labute approximate surface area is 101 Å². The molecule has 0 aliphatic heterocycles. The minimum Gasteiger partial charge on any atom is -0.361 e. The molecule has 0 aromatic heterocycles. The first-order valence-electron chi connectivity index (χ1n) is 4.98. The van der Waals surface area contributed by atoms with E-state index in [1.54, 1.807) is 24.3 Å². The maximum absolute atomic E-state index is 10.9. The van der Waals surface area contributed by atoms with Gasteiger partial charge in [-0.1, -0.05) is 36.4 Å². The van der Waals surface area contributed by atoms with Gasteiger partial charge in [-0.05, 0) is 24.3 Å². The van der Waals surface area contributed by atoms with Gasteiger partial charge >= 0.3 is 8.61 Å². The van der Waals surface area contributed by atoms with Crippen LogP contribution in [-0.4, -0.2) is 5.00 Å². The molecule has 86 valence electrons. The Kier molecular flexibility index (Phi) is 4.08. The van der Waals surface area contributed by atoms with Gasteiger partial charge in [-0.3, -0.25) is 0 Å². The number of benzene rings is 2. The average Bonchev–Trinajstić information content (AvgIpc) is 2.40. The van der Waals surface area contributed by atoms with Crippen LogP contribution >= 0.6 is 8.61 Å². The molecule has 0 fully saturated rings. The van der Waals surface area contributed by atoms with Crippen LogP contribution < -0.4 is 9.68 Å². The molecule has 0 saturated carbocycles. The van der Waals surface area contributed by atoms with Gasteiger partial charge in [0, 0.05) is 0 Å². The van der Waals surface area contributed by atoms with Gasteiger partial charge in [-0.15, -0.1) is 0 Å². The second kappa shape index (κ2) is 5.99. The molecular weight excluding hydrogens is 237 g/mol. The molecule has 0 heterocycles. The molecule has 0 aliphatic carbocycles. The predicted octanol–water partition coefficient (Wildman–Crippen LogP) is 3.48. The van der Waals surface area contributed by atoms with Crippen molar-refractivity contribution in [2.45, 2.75) is 0 Å². The topological polar surface area (TPSA) is 38.8 Å². The summed E-state index contributed by atoms with van der Waals surface area (Å²) in [6.07, 6.45) is 0. The number of rotatable bonds is 5. The molecule has 0 saturated heterocycles. The van der Waals surface area contributed by atoms with Gasteiger partial charge in [0.1, 0.15) is 5.00 Å². The van der Waals surface area contributed by atoms with Crippen LogP contribution in [0.4, 0.5) is 0 Å². The van der Waals surface area contributed by atoms with Crippen molar-refractivity contribution in [2.75, 3.05) is 0 Å². The van der Waals surface area contributed by atoms with Crippen LogP contribution in [0.2, 0.25) is 0 Å². The van der Waals surface area contributed by atoms with Crippen molar-refractivity contribution in [1.82, 2.24) is 5.00 Å². The molecule has 4 nitrogen and oxygen atoms in total. The zero-order chi connectivity index (χ0) is 11.9. The first-order chi connectivity index (χ1) is 8.38. The quantitative estimate of drug-likeness (QED) is 0.599. The van der Waals surface area contributed by atoms with Gasteiger partial charge in [0.15, 0.2) is 11.5 Å². The van der Waals surface area contributed by atoms with Crippen LogP contribution in [0.3, 0.4) is 0 Å². The molecule has 0 aliphatic rings. The third-order valence-electron chi connectivity index (χ3n) is 1.92. The Bertz CT molecular complexity index is 422. The van der Waals surface area contributed by atoms with Crippen LogP contribution in [0.15, 0.2) is 60.7 Å². The molecular formula is C12H10NO3P. The van der Waals surface area contributed by atoms with E-state index in [1.165, 1.54) is 0 Å². The first-order valence-corrected chi connectivity index (χ1v) is 5.74. The molecule has 2 aromatic carbocycles. The zero-order valence-corrected chi connectivity index (χ0v) is 9.79. The lowest BCUT2D eigenvalue weighted by atomic mass is 10.3. The summed E-state index contributed by atoms with van der Waals surface area (Å²) < 4.78 is 10.9. The highest BCUT2D eigenvalue weighted by Crippen LogP contribution is 2.18. The number of hydrogen-bond donors (Lipinski definition) is 0. The fraction of sp³-hybridized carbons (Fsp3) is 0. The van der Waals surface area contributed by atoms with Crippen molar-refractivity contribution in [1.29, 1.82) is 0 Å². The molecule has 0 radical (unpaired) electrons. The largest absolute Gasteiger partial charge is 0.361 e. The molecule has 17 heavy (non-hydrogen) atoms. The third kappa shape index (κ3) is 3.55. The molecule has 2 aromatic rings. The summed E-state index contributed by atoms with van der Waals surface area (Å²) in [4.78, 5) is 11.4. The molecule has 0 atom stereocenters. The Hall–Kier alpha value is -1.90. The minimum atomic E-state index is -0.381. The van der Waals surface area contributed by atoms with Crippen molar-refractivity contribution >= 4 is 8.61 Å². The summed E-state index contributed by atoms with van der Waals surface area (Å²) in [5, 5.41) is 0. The normalized spacial score (nSPS) is 10.4. The van der Waals surface area contributed by atoms with E-state index < -0.39 is 0 Å². The molecule has 0 bridgehead atoms. The van der Waals surface area contributed by atoms with Crippen LogP contribution in [-0.2, 0) is 4.57 Å². The molecule has 5 heteroatoms. The molecule has 0 N–H and O–H groups in total. The van der Waals surface area contributed by atoms with Crippen molar-refractivity contribution in [2.24, 2.45) is 0 Å². The molecule has 0 amide bonds. The third-order valence-corrected chi connectivity index (χ3v) is 2.22. The van der Waals surface area contributed by atoms with Gasteiger partial charge in [0.2, 0.25) is 0 Å². The Morgan fingerprint density at radius 3 is 1.53 bits per heavy atom. The van der Waals surface area contributed by atoms with E-state index in [2.05, 4.69) is 0 Å². The summed E-state index contributed by atoms with van der Waals surface area (Å²) in [5.41, 5.74) is 0. The van der Waals surface area contributed by atoms with E-state index in [9.17, 15) is 4.57 Å². The monoisotopic (exact) mass is 247 g/mol. The van der Waals surface area contributed by atoms with E-state index in [0.29, 0.717) is 11.5 Å². The van der Waals surface area contributed by atoms with E-state index in [-0.39, 0.29) is 8.61 Å². The first kappa shape index (κ1) is 11.6. The predicted molar refractivity (Wildman–Crippen MR) is 63.6 cm³/mol. The highest BCUT2D eigenvalue weighted by Gasteiger charge is 2.08. The molecule has 0 unspecified atom stereocenters. The minimum absolute atomic E-state index is 0.381. The second-order valence-electron chi connectivity index (χ2n) is 3.13. The van der Waals surface area contributed by atoms with Crippen molar-refractivity contribution in [3.8, 4) is 11.5 Å². The summed E-state index contributed by atoms with van der Waals surface area (Å²) in [7, 11) is -0.381.